The van der Waals surface area contributed by atoms with Crippen LogP contribution in [0.25, 0.3) is 0 Å². The molecule has 0 aromatic heterocycles. The molecule has 0 heterocycles. The summed E-state index contributed by atoms with van der Waals surface area (Å²) in [6.45, 7) is 0. The van der Waals surface area contributed by atoms with Crippen LogP contribution in [0.3, 0.4) is 0 Å². The van der Waals surface area contributed by atoms with E-state index in [1.807, 2.05) is 0 Å². The highest BCUT2D eigenvalue weighted by Crippen LogP contribution is 2.14. The van der Waals surface area contributed by atoms with E-state index < -0.39 is 10.0 Å². The Kier molecular flexibility index (Phi) is 4.28. The molecular weight excluding hydrogens is 252 g/mol. The van der Waals surface area contributed by atoms with Crippen molar-refractivity contribution in [3.63, 3.8) is 0 Å². The quantitative estimate of drug-likeness (QED) is 0.787. The summed E-state index contributed by atoms with van der Waals surface area (Å²) in [6.07, 6.45) is 0. The first kappa shape index (κ1) is 13.0. The Bertz CT molecular complexity index is 487. The number of sulfonamides is 1. The molecule has 0 aliphatic heterocycles. The van der Waals surface area contributed by atoms with Gasteiger partial charge in [-0.2, -0.15) is 0 Å². The second-order valence-electron chi connectivity index (χ2n) is 2.92. The Morgan fingerprint density at radius 2 is 2.12 bits per heavy atom. The standard InChI is InChI=1S/C9H11ClN2O3S/c1-11-16(14,15)8-4-2-3-7(5-8)12-9(13)6-10/h2-5,11H,6H2,1H3,(H,12,13). The molecule has 0 unspecified atom stereocenters. The largest absolute Gasteiger partial charge is 0.325 e. The molecule has 0 saturated heterocycles. The van der Waals surface area contributed by atoms with E-state index in [0.29, 0.717) is 5.69 Å². The lowest BCUT2D eigenvalue weighted by Crippen LogP contribution is -2.19. The molecule has 0 fully saturated rings. The fourth-order valence-electron chi connectivity index (χ4n) is 1.05. The normalized spacial score (nSPS) is 11.1. The van der Waals surface area contributed by atoms with Crippen LogP contribution in [-0.2, 0) is 14.8 Å². The number of carbonyl (C=O) groups is 1. The van der Waals surface area contributed by atoms with Crippen molar-refractivity contribution in [3.05, 3.63) is 24.3 Å². The number of amides is 1. The predicted molar refractivity (Wildman–Crippen MR) is 62.0 cm³/mol. The smallest absolute Gasteiger partial charge is 0.240 e. The van der Waals surface area contributed by atoms with Crippen molar-refractivity contribution in [1.82, 2.24) is 4.72 Å². The van der Waals surface area contributed by atoms with Crippen LogP contribution in [0, 0.1) is 0 Å². The third-order valence-corrected chi connectivity index (χ3v) is 3.47. The maximum absolute atomic E-state index is 11.5. The minimum Gasteiger partial charge on any atom is -0.325 e. The molecule has 7 heteroatoms. The van der Waals surface area contributed by atoms with Gasteiger partial charge in [-0.15, -0.1) is 11.6 Å². The van der Waals surface area contributed by atoms with Crippen LogP contribution >= 0.6 is 11.6 Å². The van der Waals surface area contributed by atoms with Gasteiger partial charge < -0.3 is 5.32 Å². The topological polar surface area (TPSA) is 75.3 Å². The Hall–Kier alpha value is -1.11. The molecule has 0 spiro atoms. The van der Waals surface area contributed by atoms with Crippen LogP contribution < -0.4 is 10.0 Å². The lowest BCUT2D eigenvalue weighted by atomic mass is 10.3. The van der Waals surface area contributed by atoms with Gasteiger partial charge in [0.2, 0.25) is 15.9 Å². The van der Waals surface area contributed by atoms with Crippen molar-refractivity contribution in [2.24, 2.45) is 0 Å². The van der Waals surface area contributed by atoms with Gasteiger partial charge in [0.15, 0.2) is 0 Å². The summed E-state index contributed by atoms with van der Waals surface area (Å²) >= 11 is 5.32. The third-order valence-electron chi connectivity index (χ3n) is 1.82. The van der Waals surface area contributed by atoms with Gasteiger partial charge in [-0.1, -0.05) is 6.07 Å². The molecule has 1 amide bonds. The lowest BCUT2D eigenvalue weighted by molar-refractivity contribution is -0.113. The maximum atomic E-state index is 11.5. The first-order valence-electron chi connectivity index (χ1n) is 4.39. The van der Waals surface area contributed by atoms with Gasteiger partial charge in [0, 0.05) is 5.69 Å². The highest BCUT2D eigenvalue weighted by atomic mass is 35.5. The van der Waals surface area contributed by atoms with E-state index in [1.165, 1.54) is 25.2 Å². The summed E-state index contributed by atoms with van der Waals surface area (Å²) in [6, 6.07) is 5.91. The summed E-state index contributed by atoms with van der Waals surface area (Å²) in [4.78, 5) is 11.1. The maximum Gasteiger partial charge on any atom is 0.240 e. The third kappa shape index (κ3) is 3.19. The van der Waals surface area contributed by atoms with Crippen molar-refractivity contribution in [2.45, 2.75) is 4.90 Å². The zero-order chi connectivity index (χ0) is 12.2. The van der Waals surface area contributed by atoms with E-state index in [1.54, 1.807) is 6.07 Å². The molecule has 1 aromatic carbocycles. The molecule has 0 bridgehead atoms. The van der Waals surface area contributed by atoms with Gasteiger partial charge in [-0.05, 0) is 25.2 Å². The molecule has 1 aromatic rings. The summed E-state index contributed by atoms with van der Waals surface area (Å²) < 4.78 is 25.1. The number of hydrogen-bond donors (Lipinski definition) is 2. The zero-order valence-corrected chi connectivity index (χ0v) is 10.1. The zero-order valence-electron chi connectivity index (χ0n) is 8.53. The van der Waals surface area contributed by atoms with Gasteiger partial charge in [0.1, 0.15) is 5.88 Å². The van der Waals surface area contributed by atoms with Gasteiger partial charge in [-0.25, -0.2) is 13.1 Å². The summed E-state index contributed by atoms with van der Waals surface area (Å²) in [5, 5.41) is 2.47. The Balaban J connectivity index is 3.00. The fourth-order valence-corrected chi connectivity index (χ4v) is 1.90. The van der Waals surface area contributed by atoms with Crippen LogP contribution in [-0.4, -0.2) is 27.3 Å². The predicted octanol–water partition coefficient (Wildman–Crippen LogP) is 0.772. The summed E-state index contributed by atoms with van der Waals surface area (Å²) in [5.74, 6) is -0.566. The average Bonchev–Trinajstić information content (AvgIpc) is 2.29. The van der Waals surface area contributed by atoms with E-state index >= 15 is 0 Å². The fraction of sp³-hybridized carbons (Fsp3) is 0.222. The molecule has 0 radical (unpaired) electrons. The number of anilines is 1. The van der Waals surface area contributed by atoms with Crippen LogP contribution in [0.2, 0.25) is 0 Å². The molecule has 0 aliphatic rings. The van der Waals surface area contributed by atoms with Crippen LogP contribution in [0.4, 0.5) is 5.69 Å². The molecule has 0 atom stereocenters. The lowest BCUT2D eigenvalue weighted by Gasteiger charge is -2.06. The van der Waals surface area contributed by atoms with Gasteiger partial charge in [-0.3, -0.25) is 4.79 Å². The summed E-state index contributed by atoms with van der Waals surface area (Å²) in [5.41, 5.74) is 0.391. The molecule has 0 aliphatic carbocycles. The van der Waals surface area contributed by atoms with Crippen molar-refractivity contribution in [1.29, 1.82) is 0 Å². The number of halogens is 1. The van der Waals surface area contributed by atoms with E-state index in [4.69, 9.17) is 11.6 Å². The Morgan fingerprint density at radius 3 is 2.69 bits per heavy atom. The van der Waals surface area contributed by atoms with Gasteiger partial charge in [0.25, 0.3) is 0 Å². The number of nitrogens with one attached hydrogen (secondary N) is 2. The van der Waals surface area contributed by atoms with Crippen LogP contribution in [0.15, 0.2) is 29.2 Å². The number of hydrogen-bond acceptors (Lipinski definition) is 3. The number of alkyl halides is 1. The minimum atomic E-state index is -3.50. The van der Waals surface area contributed by atoms with E-state index in [9.17, 15) is 13.2 Å². The molecule has 1 rings (SSSR count). The highest BCUT2D eigenvalue weighted by molar-refractivity contribution is 7.89. The monoisotopic (exact) mass is 262 g/mol. The minimum absolute atomic E-state index is 0.0855. The van der Waals surface area contributed by atoms with E-state index in [2.05, 4.69) is 10.0 Å². The SMILES string of the molecule is CNS(=O)(=O)c1cccc(NC(=O)CCl)c1. The van der Waals surface area contributed by atoms with Crippen LogP contribution in [0.1, 0.15) is 0 Å². The van der Waals surface area contributed by atoms with E-state index in [0.717, 1.165) is 0 Å². The molecule has 0 saturated carbocycles. The first-order valence-corrected chi connectivity index (χ1v) is 6.41. The Labute approximate surface area is 98.9 Å². The van der Waals surface area contributed by atoms with Gasteiger partial charge in [0.05, 0.1) is 4.90 Å². The summed E-state index contributed by atoms with van der Waals surface area (Å²) in [7, 11) is -2.18. The number of benzene rings is 1. The van der Waals surface area contributed by atoms with Crippen LogP contribution in [0.5, 0.6) is 0 Å². The van der Waals surface area contributed by atoms with Crippen molar-refractivity contribution in [2.75, 3.05) is 18.2 Å². The second kappa shape index (κ2) is 5.29. The Morgan fingerprint density at radius 1 is 1.44 bits per heavy atom. The van der Waals surface area contributed by atoms with Crippen molar-refractivity contribution >= 4 is 33.2 Å². The van der Waals surface area contributed by atoms with Crippen molar-refractivity contribution < 1.29 is 13.2 Å². The number of rotatable bonds is 4. The first-order chi connectivity index (χ1) is 7.49. The molecule has 5 nitrogen and oxygen atoms in total. The highest BCUT2D eigenvalue weighted by Gasteiger charge is 2.11. The van der Waals surface area contributed by atoms with Gasteiger partial charge >= 0.3 is 0 Å². The average molecular weight is 263 g/mol. The second-order valence-corrected chi connectivity index (χ2v) is 5.07. The molecule has 16 heavy (non-hydrogen) atoms. The number of carbonyl (C=O) groups excluding carboxylic acids is 1. The molecular formula is C9H11ClN2O3S. The molecule has 88 valence electrons. The van der Waals surface area contributed by atoms with E-state index in [-0.39, 0.29) is 16.7 Å². The molecule has 2 N–H and O–H groups in total. The van der Waals surface area contributed by atoms with Crippen molar-refractivity contribution in [3.8, 4) is 0 Å².